The number of hydrogen-bond donors (Lipinski definition) is 2. The summed E-state index contributed by atoms with van der Waals surface area (Å²) in [4.78, 5) is 24.0. The Labute approximate surface area is 194 Å². The van der Waals surface area contributed by atoms with Crippen LogP contribution in [-0.4, -0.2) is 99.1 Å². The summed E-state index contributed by atoms with van der Waals surface area (Å²) in [6.07, 6.45) is 5.61. The summed E-state index contributed by atoms with van der Waals surface area (Å²) in [7, 11) is 4.03. The van der Waals surface area contributed by atoms with E-state index in [2.05, 4.69) is 44.3 Å². The Morgan fingerprint density at radius 2 is 1.79 bits per heavy atom. The smallest absolute Gasteiger partial charge is 0.225 e. The summed E-state index contributed by atoms with van der Waals surface area (Å²) in [5.74, 6) is 2.11. The van der Waals surface area contributed by atoms with Gasteiger partial charge in [0, 0.05) is 71.4 Å². The van der Waals surface area contributed by atoms with Crippen LogP contribution in [0.5, 0.6) is 0 Å². The molecule has 29 heavy (non-hydrogen) atoms. The Morgan fingerprint density at radius 1 is 1.10 bits per heavy atom. The molecule has 2 heterocycles. The van der Waals surface area contributed by atoms with Gasteiger partial charge in [-0.05, 0) is 32.2 Å². The second kappa shape index (κ2) is 12.3. The molecule has 0 bridgehead atoms. The number of nitrogens with zero attached hydrogens (tertiary/aromatic N) is 4. The minimum Gasteiger partial charge on any atom is -0.356 e. The number of guanidine groups is 1. The fourth-order valence-electron chi connectivity index (χ4n) is 4.70. The standard InChI is InChI=1S/C21H40N6O.HI/c1-17(15-26-12-10-25(3)11-13-26)14-23-21(22-2)24-19-8-9-27(16-19)20(28)18-6-4-5-7-18;/h17-19H,4-16H2,1-3H3,(H2,22,23,24);1H. The van der Waals surface area contributed by atoms with E-state index in [1.54, 1.807) is 0 Å². The number of carbonyl (C=O) groups excluding carboxylic acids is 1. The fraction of sp³-hybridized carbons (Fsp3) is 0.905. The van der Waals surface area contributed by atoms with Gasteiger partial charge < -0.3 is 25.3 Å². The van der Waals surface area contributed by atoms with Crippen molar-refractivity contribution in [1.82, 2.24) is 25.3 Å². The first kappa shape index (κ1) is 24.7. The van der Waals surface area contributed by atoms with Crippen LogP contribution in [-0.2, 0) is 4.79 Å². The molecule has 0 radical (unpaired) electrons. The van der Waals surface area contributed by atoms with Gasteiger partial charge in [0.15, 0.2) is 5.96 Å². The number of carbonyl (C=O) groups is 1. The number of likely N-dealkylation sites (N-methyl/N-ethyl adjacent to an activating group) is 1. The molecule has 2 N–H and O–H groups in total. The van der Waals surface area contributed by atoms with Crippen LogP contribution in [0.1, 0.15) is 39.0 Å². The highest BCUT2D eigenvalue weighted by Crippen LogP contribution is 2.27. The predicted molar refractivity (Wildman–Crippen MR) is 130 cm³/mol. The van der Waals surface area contributed by atoms with E-state index in [0.717, 1.165) is 51.4 Å². The number of rotatable bonds is 6. The monoisotopic (exact) mass is 520 g/mol. The summed E-state index contributed by atoms with van der Waals surface area (Å²) in [5.41, 5.74) is 0. The van der Waals surface area contributed by atoms with Gasteiger partial charge in [-0.25, -0.2) is 0 Å². The van der Waals surface area contributed by atoms with E-state index in [1.165, 1.54) is 39.0 Å². The van der Waals surface area contributed by atoms with E-state index < -0.39 is 0 Å². The van der Waals surface area contributed by atoms with E-state index >= 15 is 0 Å². The highest BCUT2D eigenvalue weighted by Gasteiger charge is 2.32. The summed E-state index contributed by atoms with van der Waals surface area (Å²) in [5, 5.41) is 7.02. The van der Waals surface area contributed by atoms with Crippen molar-refractivity contribution in [3.05, 3.63) is 0 Å². The molecule has 1 aliphatic carbocycles. The SMILES string of the molecule is CN=C(NCC(C)CN1CCN(C)CC1)NC1CCN(C(=O)C2CCCC2)C1.I. The first-order valence-electron chi connectivity index (χ1n) is 11.2. The average molecular weight is 521 g/mol. The zero-order valence-corrected chi connectivity index (χ0v) is 20.9. The third kappa shape index (κ3) is 7.54. The van der Waals surface area contributed by atoms with Crippen molar-refractivity contribution in [2.24, 2.45) is 16.8 Å². The molecule has 3 aliphatic rings. The number of hydrogen-bond acceptors (Lipinski definition) is 4. The molecule has 0 aromatic rings. The van der Waals surface area contributed by atoms with Crippen LogP contribution in [0.3, 0.4) is 0 Å². The topological polar surface area (TPSA) is 63.2 Å². The molecule has 0 aromatic carbocycles. The van der Waals surface area contributed by atoms with Crippen LogP contribution in [0, 0.1) is 11.8 Å². The van der Waals surface area contributed by atoms with E-state index in [-0.39, 0.29) is 29.9 Å². The van der Waals surface area contributed by atoms with Crippen molar-refractivity contribution in [1.29, 1.82) is 0 Å². The Hall–Kier alpha value is -0.610. The van der Waals surface area contributed by atoms with Crippen molar-refractivity contribution < 1.29 is 4.79 Å². The molecule has 1 amide bonds. The number of piperazine rings is 1. The van der Waals surface area contributed by atoms with Crippen LogP contribution < -0.4 is 10.6 Å². The lowest BCUT2D eigenvalue weighted by molar-refractivity contribution is -0.134. The fourth-order valence-corrected chi connectivity index (χ4v) is 4.70. The zero-order valence-electron chi connectivity index (χ0n) is 18.5. The van der Waals surface area contributed by atoms with Crippen molar-refractivity contribution in [2.75, 3.05) is 66.5 Å². The number of nitrogens with one attached hydrogen (secondary N) is 2. The molecule has 2 atom stereocenters. The van der Waals surface area contributed by atoms with Gasteiger partial charge in [-0.2, -0.15) is 0 Å². The van der Waals surface area contributed by atoms with Crippen LogP contribution in [0.4, 0.5) is 0 Å². The van der Waals surface area contributed by atoms with Gasteiger partial charge in [-0.1, -0.05) is 19.8 Å². The van der Waals surface area contributed by atoms with Crippen molar-refractivity contribution in [3.63, 3.8) is 0 Å². The minimum atomic E-state index is 0. The quantitative estimate of drug-likeness (QED) is 0.316. The average Bonchev–Trinajstić information content (AvgIpc) is 3.38. The molecule has 8 heteroatoms. The lowest BCUT2D eigenvalue weighted by Crippen LogP contribution is -2.49. The van der Waals surface area contributed by atoms with Gasteiger partial charge in [-0.15, -0.1) is 24.0 Å². The van der Waals surface area contributed by atoms with Crippen LogP contribution in [0.25, 0.3) is 0 Å². The van der Waals surface area contributed by atoms with Gasteiger partial charge in [-0.3, -0.25) is 9.79 Å². The lowest BCUT2D eigenvalue weighted by Gasteiger charge is -2.34. The Kier molecular flexibility index (Phi) is 10.5. The Morgan fingerprint density at radius 3 is 2.45 bits per heavy atom. The number of likely N-dealkylation sites (tertiary alicyclic amines) is 1. The highest BCUT2D eigenvalue weighted by molar-refractivity contribution is 14.0. The molecule has 0 aromatic heterocycles. The Balaban J connectivity index is 0.00000300. The summed E-state index contributed by atoms with van der Waals surface area (Å²) >= 11 is 0. The third-order valence-corrected chi connectivity index (χ3v) is 6.55. The van der Waals surface area contributed by atoms with Gasteiger partial charge in [0.25, 0.3) is 0 Å². The molecule has 7 nitrogen and oxygen atoms in total. The maximum Gasteiger partial charge on any atom is 0.225 e. The first-order valence-corrected chi connectivity index (χ1v) is 11.2. The van der Waals surface area contributed by atoms with Crippen molar-refractivity contribution in [3.8, 4) is 0 Å². The second-order valence-electron chi connectivity index (χ2n) is 9.06. The van der Waals surface area contributed by atoms with Gasteiger partial charge in [0.05, 0.1) is 0 Å². The van der Waals surface area contributed by atoms with Crippen LogP contribution >= 0.6 is 24.0 Å². The van der Waals surface area contributed by atoms with Crippen molar-refractivity contribution in [2.45, 2.75) is 45.1 Å². The largest absolute Gasteiger partial charge is 0.356 e. The van der Waals surface area contributed by atoms with E-state index in [9.17, 15) is 4.79 Å². The van der Waals surface area contributed by atoms with Gasteiger partial charge in [0.2, 0.25) is 5.91 Å². The number of aliphatic imine (C=N–C) groups is 1. The number of halogens is 1. The molecule has 3 rings (SSSR count). The molecule has 0 spiro atoms. The summed E-state index contributed by atoms with van der Waals surface area (Å²) < 4.78 is 0. The molecule has 3 fully saturated rings. The zero-order chi connectivity index (χ0) is 19.9. The maximum absolute atomic E-state index is 12.6. The molecule has 2 unspecified atom stereocenters. The maximum atomic E-state index is 12.6. The van der Waals surface area contributed by atoms with E-state index in [4.69, 9.17) is 0 Å². The Bertz CT molecular complexity index is 531. The summed E-state index contributed by atoms with van der Waals surface area (Å²) in [6, 6.07) is 0.310. The summed E-state index contributed by atoms with van der Waals surface area (Å²) in [6.45, 7) is 10.7. The molecule has 1 saturated carbocycles. The predicted octanol–water partition coefficient (Wildman–Crippen LogP) is 1.44. The molecular formula is C21H41IN6O. The van der Waals surface area contributed by atoms with E-state index in [0.29, 0.717) is 17.9 Å². The third-order valence-electron chi connectivity index (χ3n) is 6.55. The van der Waals surface area contributed by atoms with Crippen LogP contribution in [0.15, 0.2) is 4.99 Å². The molecule has 2 saturated heterocycles. The minimum absolute atomic E-state index is 0. The number of amides is 1. The van der Waals surface area contributed by atoms with Gasteiger partial charge in [0.1, 0.15) is 0 Å². The van der Waals surface area contributed by atoms with Crippen molar-refractivity contribution >= 4 is 35.8 Å². The molecule has 168 valence electrons. The molecular weight excluding hydrogens is 479 g/mol. The second-order valence-corrected chi connectivity index (χ2v) is 9.06. The van der Waals surface area contributed by atoms with E-state index in [1.807, 2.05) is 7.05 Å². The normalized spacial score (nSPS) is 25.7. The van der Waals surface area contributed by atoms with Crippen LogP contribution in [0.2, 0.25) is 0 Å². The highest BCUT2D eigenvalue weighted by atomic mass is 127. The first-order chi connectivity index (χ1) is 13.5. The van der Waals surface area contributed by atoms with Gasteiger partial charge >= 0.3 is 0 Å². The molecule has 2 aliphatic heterocycles. The lowest BCUT2D eigenvalue weighted by atomic mass is 10.1.